The second-order valence-corrected chi connectivity index (χ2v) is 4.56. The van der Waals surface area contributed by atoms with E-state index in [9.17, 15) is 4.39 Å². The average molecular weight is 239 g/mol. The molecule has 0 saturated heterocycles. The van der Waals surface area contributed by atoms with Gasteiger partial charge in [-0.25, -0.2) is 4.39 Å². The van der Waals surface area contributed by atoms with Crippen molar-refractivity contribution in [1.29, 1.82) is 0 Å². The maximum atomic E-state index is 13.1. The standard InChI is InChI=1S/C14H22FNO/c1-5-11(3)16-9-12(4)17-14-8-13(15)7-6-10(14)2/h6-8,11-12,16H,5,9H2,1-4H3. The molecule has 2 unspecified atom stereocenters. The number of hydrogen-bond acceptors (Lipinski definition) is 2. The van der Waals surface area contributed by atoms with Crippen LogP contribution >= 0.6 is 0 Å². The van der Waals surface area contributed by atoms with Crippen LogP contribution in [-0.4, -0.2) is 18.7 Å². The number of benzene rings is 1. The maximum Gasteiger partial charge on any atom is 0.126 e. The molecule has 0 spiro atoms. The van der Waals surface area contributed by atoms with Crippen LogP contribution in [0.25, 0.3) is 0 Å². The number of rotatable bonds is 6. The third-order valence-electron chi connectivity index (χ3n) is 2.84. The Morgan fingerprint density at radius 1 is 1.35 bits per heavy atom. The minimum absolute atomic E-state index is 0.0319. The zero-order chi connectivity index (χ0) is 12.8. The fourth-order valence-electron chi connectivity index (χ4n) is 1.47. The van der Waals surface area contributed by atoms with Gasteiger partial charge in [-0.05, 0) is 38.8 Å². The lowest BCUT2D eigenvalue weighted by atomic mass is 10.2. The zero-order valence-corrected chi connectivity index (χ0v) is 11.1. The predicted molar refractivity (Wildman–Crippen MR) is 69.0 cm³/mol. The van der Waals surface area contributed by atoms with E-state index in [4.69, 9.17) is 4.74 Å². The van der Waals surface area contributed by atoms with Crippen LogP contribution in [0.2, 0.25) is 0 Å². The second-order valence-electron chi connectivity index (χ2n) is 4.56. The van der Waals surface area contributed by atoms with Gasteiger partial charge in [0.05, 0.1) is 0 Å². The van der Waals surface area contributed by atoms with E-state index in [0.29, 0.717) is 11.8 Å². The van der Waals surface area contributed by atoms with Crippen LogP contribution in [0.1, 0.15) is 32.8 Å². The molecule has 0 aliphatic rings. The lowest BCUT2D eigenvalue weighted by molar-refractivity contribution is 0.210. The van der Waals surface area contributed by atoms with E-state index in [0.717, 1.165) is 18.5 Å². The number of ether oxygens (including phenoxy) is 1. The summed E-state index contributed by atoms with van der Waals surface area (Å²) in [5.74, 6) is 0.371. The predicted octanol–water partition coefficient (Wildman–Crippen LogP) is 3.29. The van der Waals surface area contributed by atoms with Crippen LogP contribution in [0.3, 0.4) is 0 Å². The molecule has 3 heteroatoms. The molecule has 0 amide bonds. The van der Waals surface area contributed by atoms with Crippen LogP contribution in [0.4, 0.5) is 4.39 Å². The van der Waals surface area contributed by atoms with Gasteiger partial charge in [-0.2, -0.15) is 0 Å². The highest BCUT2D eigenvalue weighted by atomic mass is 19.1. The summed E-state index contributed by atoms with van der Waals surface area (Å²) in [6.45, 7) is 8.95. The van der Waals surface area contributed by atoms with Gasteiger partial charge >= 0.3 is 0 Å². The molecule has 1 N–H and O–H groups in total. The lowest BCUT2D eigenvalue weighted by Gasteiger charge is -2.19. The van der Waals surface area contributed by atoms with Crippen molar-refractivity contribution in [2.24, 2.45) is 0 Å². The smallest absolute Gasteiger partial charge is 0.126 e. The van der Waals surface area contributed by atoms with Crippen molar-refractivity contribution in [1.82, 2.24) is 5.32 Å². The molecule has 0 heterocycles. The van der Waals surface area contributed by atoms with E-state index in [1.54, 1.807) is 6.07 Å². The van der Waals surface area contributed by atoms with Crippen molar-refractivity contribution in [3.05, 3.63) is 29.6 Å². The topological polar surface area (TPSA) is 21.3 Å². The summed E-state index contributed by atoms with van der Waals surface area (Å²) in [4.78, 5) is 0. The molecule has 2 nitrogen and oxygen atoms in total. The van der Waals surface area contributed by atoms with Gasteiger partial charge < -0.3 is 10.1 Å². The van der Waals surface area contributed by atoms with Gasteiger partial charge in [0.2, 0.25) is 0 Å². The van der Waals surface area contributed by atoms with E-state index >= 15 is 0 Å². The summed E-state index contributed by atoms with van der Waals surface area (Å²) in [7, 11) is 0. The highest BCUT2D eigenvalue weighted by Crippen LogP contribution is 2.19. The van der Waals surface area contributed by atoms with Gasteiger partial charge in [0.15, 0.2) is 0 Å². The SMILES string of the molecule is CCC(C)NCC(C)Oc1cc(F)ccc1C. The van der Waals surface area contributed by atoms with Crippen LogP contribution in [-0.2, 0) is 0 Å². The van der Waals surface area contributed by atoms with E-state index in [1.807, 2.05) is 13.8 Å². The number of hydrogen-bond donors (Lipinski definition) is 1. The molecule has 0 radical (unpaired) electrons. The van der Waals surface area contributed by atoms with Gasteiger partial charge in [0, 0.05) is 18.7 Å². The molecule has 0 aromatic heterocycles. The van der Waals surface area contributed by atoms with E-state index in [-0.39, 0.29) is 11.9 Å². The molecule has 1 aromatic rings. The molecular weight excluding hydrogens is 217 g/mol. The van der Waals surface area contributed by atoms with E-state index in [2.05, 4.69) is 19.2 Å². The van der Waals surface area contributed by atoms with Gasteiger partial charge in [0.25, 0.3) is 0 Å². The van der Waals surface area contributed by atoms with Crippen molar-refractivity contribution in [3.8, 4) is 5.75 Å². The summed E-state index contributed by atoms with van der Waals surface area (Å²) in [6.07, 6.45) is 1.12. The Hall–Kier alpha value is -1.09. The third kappa shape index (κ3) is 4.73. The van der Waals surface area contributed by atoms with Crippen molar-refractivity contribution in [2.45, 2.75) is 46.3 Å². The summed E-state index contributed by atoms with van der Waals surface area (Å²) < 4.78 is 18.8. The molecule has 0 aliphatic carbocycles. The quantitative estimate of drug-likeness (QED) is 0.822. The summed E-state index contributed by atoms with van der Waals surface area (Å²) in [5, 5.41) is 3.37. The molecule has 96 valence electrons. The molecule has 0 saturated carbocycles. The molecule has 0 bridgehead atoms. The van der Waals surface area contributed by atoms with Crippen LogP contribution < -0.4 is 10.1 Å². The van der Waals surface area contributed by atoms with Gasteiger partial charge in [-0.15, -0.1) is 0 Å². The van der Waals surface area contributed by atoms with Crippen molar-refractivity contribution < 1.29 is 9.13 Å². The Morgan fingerprint density at radius 3 is 2.71 bits per heavy atom. The molecular formula is C14H22FNO. The van der Waals surface area contributed by atoms with Crippen LogP contribution in [0, 0.1) is 12.7 Å². The zero-order valence-electron chi connectivity index (χ0n) is 11.1. The molecule has 1 aromatic carbocycles. The Labute approximate surface area is 103 Å². The Kier molecular flexibility index (Phi) is 5.42. The number of nitrogens with one attached hydrogen (secondary N) is 1. The maximum absolute atomic E-state index is 13.1. The van der Waals surface area contributed by atoms with Crippen molar-refractivity contribution in [3.63, 3.8) is 0 Å². The summed E-state index contributed by atoms with van der Waals surface area (Å²) in [5.41, 5.74) is 0.960. The fourth-order valence-corrected chi connectivity index (χ4v) is 1.47. The first-order chi connectivity index (χ1) is 8.02. The Balaban J connectivity index is 2.50. The minimum atomic E-state index is -0.257. The molecule has 17 heavy (non-hydrogen) atoms. The van der Waals surface area contributed by atoms with Crippen molar-refractivity contribution >= 4 is 0 Å². The molecule has 2 atom stereocenters. The van der Waals surface area contributed by atoms with E-state index in [1.165, 1.54) is 12.1 Å². The van der Waals surface area contributed by atoms with Gasteiger partial charge in [0.1, 0.15) is 17.7 Å². The first-order valence-corrected chi connectivity index (χ1v) is 6.19. The number of aryl methyl sites for hydroxylation is 1. The number of halogens is 1. The normalized spacial score (nSPS) is 14.4. The fraction of sp³-hybridized carbons (Fsp3) is 0.571. The van der Waals surface area contributed by atoms with Gasteiger partial charge in [-0.3, -0.25) is 0 Å². The van der Waals surface area contributed by atoms with E-state index < -0.39 is 0 Å². The average Bonchev–Trinajstić information content (AvgIpc) is 2.30. The molecule has 1 rings (SSSR count). The molecule has 0 aliphatic heterocycles. The van der Waals surface area contributed by atoms with Crippen LogP contribution in [0.5, 0.6) is 5.75 Å². The summed E-state index contributed by atoms with van der Waals surface area (Å²) in [6, 6.07) is 5.11. The third-order valence-corrected chi connectivity index (χ3v) is 2.84. The largest absolute Gasteiger partial charge is 0.489 e. The summed E-state index contributed by atoms with van der Waals surface area (Å²) >= 11 is 0. The highest BCUT2D eigenvalue weighted by Gasteiger charge is 2.08. The minimum Gasteiger partial charge on any atom is -0.489 e. The first kappa shape index (κ1) is 14.0. The first-order valence-electron chi connectivity index (χ1n) is 6.19. The molecule has 0 fully saturated rings. The monoisotopic (exact) mass is 239 g/mol. The lowest BCUT2D eigenvalue weighted by Crippen LogP contribution is -2.34. The second kappa shape index (κ2) is 6.60. The Morgan fingerprint density at radius 2 is 2.06 bits per heavy atom. The Bertz CT molecular complexity index is 354. The van der Waals surface area contributed by atoms with Gasteiger partial charge in [-0.1, -0.05) is 13.0 Å². The highest BCUT2D eigenvalue weighted by molar-refractivity contribution is 5.32. The van der Waals surface area contributed by atoms with Crippen molar-refractivity contribution in [2.75, 3.05) is 6.54 Å². The van der Waals surface area contributed by atoms with Crippen LogP contribution in [0.15, 0.2) is 18.2 Å².